The number of hydrogen-bond acceptors (Lipinski definition) is 2. The van der Waals surface area contributed by atoms with Gasteiger partial charge in [-0.05, 0) is 92.8 Å². The van der Waals surface area contributed by atoms with E-state index in [1.54, 1.807) is 5.57 Å². The van der Waals surface area contributed by atoms with Crippen LogP contribution in [0.2, 0.25) is 0 Å². The Bertz CT molecular complexity index is 729. The van der Waals surface area contributed by atoms with Crippen LogP contribution in [0.25, 0.3) is 0 Å². The number of alkyl halides is 1. The third-order valence-corrected chi connectivity index (χ3v) is 11.1. The van der Waals surface area contributed by atoms with Gasteiger partial charge in [0, 0.05) is 11.8 Å². The molecule has 4 rings (SSSR count). The summed E-state index contributed by atoms with van der Waals surface area (Å²) in [7, 11) is 0. The minimum absolute atomic E-state index is 0.0563. The van der Waals surface area contributed by atoms with Gasteiger partial charge in [-0.3, -0.25) is 4.79 Å². The first-order valence-electron chi connectivity index (χ1n) is 14.8. The largest absolute Gasteiger partial charge is 0.462 e. The first-order chi connectivity index (χ1) is 16.3. The number of ether oxygens (including phenoxy) is 1. The van der Waals surface area contributed by atoms with Crippen LogP contribution in [0.5, 0.6) is 0 Å². The Labute approximate surface area is 215 Å². The van der Waals surface area contributed by atoms with E-state index in [4.69, 9.17) is 16.3 Å². The van der Waals surface area contributed by atoms with Crippen molar-refractivity contribution in [3.05, 3.63) is 11.6 Å². The van der Waals surface area contributed by atoms with Crippen molar-refractivity contribution in [2.45, 2.75) is 142 Å². The molecule has 0 bridgehead atoms. The zero-order chi connectivity index (χ0) is 24.3. The molecule has 0 saturated heterocycles. The van der Waals surface area contributed by atoms with E-state index in [0.717, 1.165) is 36.5 Å². The third-order valence-electron chi connectivity index (χ3n) is 10.9. The summed E-state index contributed by atoms with van der Waals surface area (Å²) in [4.78, 5) is 12.2. The van der Waals surface area contributed by atoms with Gasteiger partial charge < -0.3 is 4.74 Å². The van der Waals surface area contributed by atoms with E-state index < -0.39 is 0 Å². The van der Waals surface area contributed by atoms with E-state index in [1.807, 2.05) is 6.92 Å². The number of allylic oxidation sites excluding steroid dienone is 1. The average molecular weight is 491 g/mol. The molecule has 3 saturated carbocycles. The number of halogens is 1. The molecule has 0 aromatic carbocycles. The van der Waals surface area contributed by atoms with Gasteiger partial charge in [0.15, 0.2) is 0 Å². The second-order valence-corrected chi connectivity index (χ2v) is 13.7. The molecule has 3 fully saturated rings. The van der Waals surface area contributed by atoms with Gasteiger partial charge in [-0.1, -0.05) is 70.9 Å². The third kappa shape index (κ3) is 5.42. The van der Waals surface area contributed by atoms with E-state index in [1.165, 1.54) is 83.5 Å². The maximum absolute atomic E-state index is 12.2. The average Bonchev–Trinajstić information content (AvgIpc) is 3.12. The summed E-state index contributed by atoms with van der Waals surface area (Å²) in [5.41, 5.74) is 2.50. The second kappa shape index (κ2) is 11.3. The highest BCUT2D eigenvalue weighted by molar-refractivity contribution is 6.21. The number of carbonyl (C=O) groups excluding carboxylic acids is 1. The molecular formula is C31H51ClO2. The Morgan fingerprint density at radius 3 is 2.59 bits per heavy atom. The van der Waals surface area contributed by atoms with Crippen LogP contribution in [0.1, 0.15) is 130 Å². The van der Waals surface area contributed by atoms with Crippen molar-refractivity contribution < 1.29 is 9.53 Å². The van der Waals surface area contributed by atoms with Crippen LogP contribution >= 0.6 is 11.6 Å². The van der Waals surface area contributed by atoms with Crippen molar-refractivity contribution in [1.29, 1.82) is 0 Å². The quantitative estimate of drug-likeness (QED) is 0.132. The van der Waals surface area contributed by atoms with Crippen LogP contribution in [0, 0.1) is 34.5 Å². The summed E-state index contributed by atoms with van der Waals surface area (Å²) < 4.78 is 5.84. The van der Waals surface area contributed by atoms with Gasteiger partial charge >= 0.3 is 5.97 Å². The van der Waals surface area contributed by atoms with Gasteiger partial charge in [0.1, 0.15) is 6.10 Å². The number of hydrogen-bond donors (Lipinski definition) is 0. The van der Waals surface area contributed by atoms with Crippen molar-refractivity contribution in [2.75, 3.05) is 0 Å². The predicted molar refractivity (Wildman–Crippen MR) is 143 cm³/mol. The van der Waals surface area contributed by atoms with E-state index in [0.29, 0.717) is 17.3 Å². The van der Waals surface area contributed by atoms with Crippen molar-refractivity contribution >= 4 is 17.6 Å². The molecule has 4 aliphatic carbocycles. The SMILES string of the molecule is CCCCCCCC[C@H]1CC[C@H]2[C@@H]3CC=C4C[C@@H](OC(=O)C[C@@H](C)Cl)CC[C@]4(C)[C@H]3CC[C@]12C. The lowest BCUT2D eigenvalue weighted by atomic mass is 9.47. The van der Waals surface area contributed by atoms with Gasteiger partial charge in [0.2, 0.25) is 0 Å². The fourth-order valence-electron chi connectivity index (χ4n) is 8.95. The molecule has 194 valence electrons. The summed E-state index contributed by atoms with van der Waals surface area (Å²) in [6.07, 6.45) is 23.2. The second-order valence-electron chi connectivity index (χ2n) is 13.0. The molecular weight excluding hydrogens is 440 g/mol. The summed E-state index contributed by atoms with van der Waals surface area (Å²) in [5.74, 6) is 3.46. The number of rotatable bonds is 10. The van der Waals surface area contributed by atoms with Gasteiger partial charge in [-0.25, -0.2) is 0 Å². The highest BCUT2D eigenvalue weighted by atomic mass is 35.5. The molecule has 0 amide bonds. The summed E-state index contributed by atoms with van der Waals surface area (Å²) in [5, 5.41) is -0.149. The Morgan fingerprint density at radius 1 is 1.06 bits per heavy atom. The monoisotopic (exact) mass is 490 g/mol. The lowest BCUT2D eigenvalue weighted by Crippen LogP contribution is -2.50. The first-order valence-corrected chi connectivity index (χ1v) is 15.2. The zero-order valence-corrected chi connectivity index (χ0v) is 23.3. The smallest absolute Gasteiger partial charge is 0.307 e. The van der Waals surface area contributed by atoms with E-state index in [9.17, 15) is 4.79 Å². The Balaban J connectivity index is 1.36. The number of esters is 1. The molecule has 8 atom stereocenters. The topological polar surface area (TPSA) is 26.3 Å². The lowest BCUT2D eigenvalue weighted by molar-refractivity contribution is -0.151. The Morgan fingerprint density at radius 2 is 1.82 bits per heavy atom. The minimum atomic E-state index is -0.149. The van der Waals surface area contributed by atoms with E-state index in [-0.39, 0.29) is 17.5 Å². The number of carbonyl (C=O) groups is 1. The van der Waals surface area contributed by atoms with Crippen LogP contribution in [0.3, 0.4) is 0 Å². The fourth-order valence-corrected chi connectivity index (χ4v) is 9.07. The molecule has 0 spiro atoms. The van der Waals surface area contributed by atoms with Crippen LogP contribution < -0.4 is 0 Å². The number of unbranched alkanes of at least 4 members (excludes halogenated alkanes) is 5. The van der Waals surface area contributed by atoms with Crippen LogP contribution in [0.15, 0.2) is 11.6 Å². The maximum Gasteiger partial charge on any atom is 0.307 e. The zero-order valence-electron chi connectivity index (χ0n) is 22.5. The molecule has 4 aliphatic rings. The molecule has 0 radical (unpaired) electrons. The molecule has 34 heavy (non-hydrogen) atoms. The number of fused-ring (bicyclic) bond motifs is 5. The molecule has 0 aromatic rings. The lowest BCUT2D eigenvalue weighted by Gasteiger charge is -2.58. The fraction of sp³-hybridized carbons (Fsp3) is 0.903. The molecule has 0 N–H and O–H groups in total. The maximum atomic E-state index is 12.2. The Hall–Kier alpha value is -0.500. The standard InChI is InChI=1S/C31H51ClO2/c1-5-6-7-8-9-10-11-23-13-15-27-26-14-12-24-21-25(34-29(33)20-22(2)32)16-18-31(24,4)28(26)17-19-30(23,27)3/h12,22-23,25-28H,5-11,13-21H2,1-4H3/t22-,23+,25+,26+,27+,28+,30-,31+/m1/s1. The van der Waals surface area contributed by atoms with E-state index >= 15 is 0 Å². The molecule has 3 heteroatoms. The van der Waals surface area contributed by atoms with Gasteiger partial charge in [0.25, 0.3) is 0 Å². The molecule has 2 nitrogen and oxygen atoms in total. The predicted octanol–water partition coefficient (Wildman–Crippen LogP) is 9.25. The van der Waals surface area contributed by atoms with Crippen molar-refractivity contribution in [2.24, 2.45) is 34.5 Å². The molecule has 0 aromatic heterocycles. The highest BCUT2D eigenvalue weighted by Gasteiger charge is 2.58. The summed E-state index contributed by atoms with van der Waals surface area (Å²) in [6.45, 7) is 9.41. The van der Waals surface area contributed by atoms with Crippen LogP contribution in [-0.4, -0.2) is 17.5 Å². The molecule has 0 aliphatic heterocycles. The van der Waals surface area contributed by atoms with Gasteiger partial charge in [-0.15, -0.1) is 11.6 Å². The first kappa shape index (κ1) is 26.6. The molecule has 0 heterocycles. The van der Waals surface area contributed by atoms with Crippen molar-refractivity contribution in [1.82, 2.24) is 0 Å². The normalized spacial score (nSPS) is 40.0. The highest BCUT2D eigenvalue weighted by Crippen LogP contribution is 2.66. The van der Waals surface area contributed by atoms with E-state index in [2.05, 4.69) is 26.8 Å². The van der Waals surface area contributed by atoms with Crippen LogP contribution in [0.4, 0.5) is 0 Å². The Kier molecular flexibility index (Phi) is 8.80. The van der Waals surface area contributed by atoms with Gasteiger partial charge in [-0.2, -0.15) is 0 Å². The minimum Gasteiger partial charge on any atom is -0.462 e. The summed E-state index contributed by atoms with van der Waals surface area (Å²) in [6, 6.07) is 0. The van der Waals surface area contributed by atoms with Crippen LogP contribution in [-0.2, 0) is 9.53 Å². The van der Waals surface area contributed by atoms with Gasteiger partial charge in [0.05, 0.1) is 6.42 Å². The summed E-state index contributed by atoms with van der Waals surface area (Å²) >= 11 is 6.01. The molecule has 0 unspecified atom stereocenters. The van der Waals surface area contributed by atoms with Crippen molar-refractivity contribution in [3.8, 4) is 0 Å². The van der Waals surface area contributed by atoms with Crippen molar-refractivity contribution in [3.63, 3.8) is 0 Å².